The molecule has 1 aromatic rings. The molecule has 3 heteroatoms. The maximum atomic E-state index is 4.46. The Kier molecular flexibility index (Phi) is 3.69. The van der Waals surface area contributed by atoms with Gasteiger partial charge in [-0.15, -0.1) is 0 Å². The van der Waals surface area contributed by atoms with E-state index in [4.69, 9.17) is 0 Å². The van der Waals surface area contributed by atoms with E-state index >= 15 is 0 Å². The highest BCUT2D eigenvalue weighted by atomic mass is 15.2. The molecule has 3 rings (SSSR count). The molecule has 0 radical (unpaired) electrons. The Balaban J connectivity index is 1.63. The smallest absolute Gasteiger partial charge is 0.105 e. The van der Waals surface area contributed by atoms with Crippen molar-refractivity contribution in [3.05, 3.63) is 17.7 Å². The fourth-order valence-corrected chi connectivity index (χ4v) is 3.60. The van der Waals surface area contributed by atoms with Gasteiger partial charge in [-0.05, 0) is 32.1 Å². The molecule has 0 atom stereocenters. The van der Waals surface area contributed by atoms with Crippen LogP contribution in [0.4, 0.5) is 0 Å². The molecule has 100 valence electrons. The molecule has 2 heterocycles. The average Bonchev–Trinajstić information content (AvgIpc) is 2.62. The second-order valence-electron chi connectivity index (χ2n) is 6.04. The highest BCUT2D eigenvalue weighted by Gasteiger charge is 2.20. The third-order valence-corrected chi connectivity index (χ3v) is 4.62. The molecule has 0 spiro atoms. The van der Waals surface area contributed by atoms with Crippen molar-refractivity contribution >= 4 is 0 Å². The first-order chi connectivity index (χ1) is 8.83. The summed E-state index contributed by atoms with van der Waals surface area (Å²) in [5.74, 6) is 2.14. The second kappa shape index (κ2) is 5.43. The van der Waals surface area contributed by atoms with Crippen LogP contribution in [0.2, 0.25) is 0 Å². The van der Waals surface area contributed by atoms with E-state index < -0.39 is 0 Å². The first-order valence-electron chi connectivity index (χ1n) is 7.56. The highest BCUT2D eigenvalue weighted by molar-refractivity contribution is 5.05. The lowest BCUT2D eigenvalue weighted by atomic mass is 9.89. The summed E-state index contributed by atoms with van der Waals surface area (Å²) in [6.07, 6.45) is 10.6. The molecule has 1 aliphatic heterocycles. The number of imidazole rings is 1. The van der Waals surface area contributed by atoms with Gasteiger partial charge in [0, 0.05) is 32.4 Å². The van der Waals surface area contributed by atoms with Gasteiger partial charge in [0.1, 0.15) is 5.82 Å². The van der Waals surface area contributed by atoms with Crippen molar-refractivity contribution in [3.63, 3.8) is 0 Å². The minimum Gasteiger partial charge on any atom is -0.331 e. The van der Waals surface area contributed by atoms with Gasteiger partial charge in [0.25, 0.3) is 0 Å². The predicted octanol–water partition coefficient (Wildman–Crippen LogP) is 2.98. The fraction of sp³-hybridized carbons (Fsp3) is 0.800. The van der Waals surface area contributed by atoms with Crippen molar-refractivity contribution < 1.29 is 0 Å². The monoisotopic (exact) mass is 247 g/mol. The molecule has 1 aliphatic carbocycles. The Hall–Kier alpha value is -0.830. The van der Waals surface area contributed by atoms with Crippen LogP contribution in [0.1, 0.15) is 50.0 Å². The van der Waals surface area contributed by atoms with Crippen LogP contribution in [-0.4, -0.2) is 27.5 Å². The van der Waals surface area contributed by atoms with Crippen molar-refractivity contribution in [2.24, 2.45) is 5.92 Å². The highest BCUT2D eigenvalue weighted by Crippen LogP contribution is 2.25. The van der Waals surface area contributed by atoms with Crippen molar-refractivity contribution in [3.8, 4) is 0 Å². The van der Waals surface area contributed by atoms with Crippen LogP contribution >= 0.6 is 0 Å². The van der Waals surface area contributed by atoms with Gasteiger partial charge in [0.05, 0.1) is 5.69 Å². The molecule has 0 N–H and O–H groups in total. The molecule has 0 unspecified atom stereocenters. The maximum Gasteiger partial charge on any atom is 0.105 e. The molecular weight excluding hydrogens is 222 g/mol. The van der Waals surface area contributed by atoms with Crippen molar-refractivity contribution in [1.29, 1.82) is 0 Å². The predicted molar refractivity (Wildman–Crippen MR) is 73.4 cm³/mol. The molecule has 0 aromatic carbocycles. The second-order valence-corrected chi connectivity index (χ2v) is 6.04. The topological polar surface area (TPSA) is 21.1 Å². The summed E-state index contributed by atoms with van der Waals surface area (Å²) in [6.45, 7) is 6.96. The van der Waals surface area contributed by atoms with E-state index in [-0.39, 0.29) is 0 Å². The minimum atomic E-state index is 0.953. The van der Waals surface area contributed by atoms with Gasteiger partial charge in [0.2, 0.25) is 0 Å². The molecule has 3 nitrogen and oxygen atoms in total. The molecule has 0 saturated heterocycles. The first kappa shape index (κ1) is 12.2. The fourth-order valence-electron chi connectivity index (χ4n) is 3.60. The SMILES string of the molecule is Cc1ncc2n1CCCN(CC1CCCCC1)C2. The van der Waals surface area contributed by atoms with Crippen LogP contribution < -0.4 is 0 Å². The zero-order valence-electron chi connectivity index (χ0n) is 11.6. The largest absolute Gasteiger partial charge is 0.331 e. The van der Waals surface area contributed by atoms with E-state index in [2.05, 4.69) is 27.6 Å². The van der Waals surface area contributed by atoms with Crippen LogP contribution in [0.3, 0.4) is 0 Å². The van der Waals surface area contributed by atoms with E-state index in [1.807, 2.05) is 0 Å². The Morgan fingerprint density at radius 2 is 2.00 bits per heavy atom. The number of aromatic nitrogens is 2. The van der Waals surface area contributed by atoms with Gasteiger partial charge in [-0.25, -0.2) is 4.98 Å². The summed E-state index contributed by atoms with van der Waals surface area (Å²) in [5, 5.41) is 0. The Labute approximate surface area is 110 Å². The molecule has 1 aromatic heterocycles. The molecule has 0 amide bonds. The van der Waals surface area contributed by atoms with Crippen LogP contribution in [0.5, 0.6) is 0 Å². The Morgan fingerprint density at radius 3 is 2.83 bits per heavy atom. The maximum absolute atomic E-state index is 4.46. The van der Waals surface area contributed by atoms with Gasteiger partial charge >= 0.3 is 0 Å². The lowest BCUT2D eigenvalue weighted by Gasteiger charge is -2.28. The summed E-state index contributed by atoms with van der Waals surface area (Å²) in [5.41, 5.74) is 1.42. The van der Waals surface area contributed by atoms with E-state index in [1.165, 1.54) is 63.1 Å². The summed E-state index contributed by atoms with van der Waals surface area (Å²) in [6, 6.07) is 0. The van der Waals surface area contributed by atoms with E-state index in [9.17, 15) is 0 Å². The van der Waals surface area contributed by atoms with Gasteiger partial charge in [-0.2, -0.15) is 0 Å². The van der Waals surface area contributed by atoms with Gasteiger partial charge in [-0.1, -0.05) is 19.3 Å². The summed E-state index contributed by atoms with van der Waals surface area (Å²) in [7, 11) is 0. The van der Waals surface area contributed by atoms with Crippen LogP contribution in [0, 0.1) is 12.8 Å². The molecule has 1 saturated carbocycles. The number of aryl methyl sites for hydroxylation is 1. The molecular formula is C15H25N3. The molecule has 2 aliphatic rings. The Bertz CT molecular complexity index is 390. The van der Waals surface area contributed by atoms with Gasteiger partial charge in [-0.3, -0.25) is 4.90 Å². The van der Waals surface area contributed by atoms with E-state index in [0.717, 1.165) is 19.0 Å². The number of hydrogen-bond donors (Lipinski definition) is 0. The zero-order valence-corrected chi connectivity index (χ0v) is 11.6. The van der Waals surface area contributed by atoms with Crippen LogP contribution in [-0.2, 0) is 13.1 Å². The van der Waals surface area contributed by atoms with E-state index in [0.29, 0.717) is 0 Å². The molecule has 1 fully saturated rings. The average molecular weight is 247 g/mol. The number of hydrogen-bond acceptors (Lipinski definition) is 2. The summed E-state index contributed by atoms with van der Waals surface area (Å²) in [4.78, 5) is 7.12. The van der Waals surface area contributed by atoms with Gasteiger partial charge in [0.15, 0.2) is 0 Å². The number of fused-ring (bicyclic) bond motifs is 1. The molecule has 0 bridgehead atoms. The van der Waals surface area contributed by atoms with Crippen LogP contribution in [0.15, 0.2) is 6.20 Å². The first-order valence-corrected chi connectivity index (χ1v) is 7.56. The standard InChI is InChI=1S/C15H25N3/c1-13-16-10-15-12-17(8-5-9-18(13)15)11-14-6-3-2-4-7-14/h10,14H,2-9,11-12H2,1H3. The lowest BCUT2D eigenvalue weighted by molar-refractivity contribution is 0.196. The normalized spacial score (nSPS) is 22.7. The Morgan fingerprint density at radius 1 is 1.17 bits per heavy atom. The van der Waals surface area contributed by atoms with Crippen molar-refractivity contribution in [2.45, 2.75) is 58.5 Å². The molecule has 18 heavy (non-hydrogen) atoms. The summed E-state index contributed by atoms with van der Waals surface area (Å²) >= 11 is 0. The van der Waals surface area contributed by atoms with Crippen molar-refractivity contribution in [2.75, 3.05) is 13.1 Å². The minimum absolute atomic E-state index is 0.953. The van der Waals surface area contributed by atoms with Crippen LogP contribution in [0.25, 0.3) is 0 Å². The van der Waals surface area contributed by atoms with Gasteiger partial charge < -0.3 is 4.57 Å². The lowest BCUT2D eigenvalue weighted by Crippen LogP contribution is -2.30. The number of rotatable bonds is 2. The van der Waals surface area contributed by atoms with E-state index in [1.54, 1.807) is 0 Å². The third-order valence-electron chi connectivity index (χ3n) is 4.62. The third kappa shape index (κ3) is 2.61. The zero-order chi connectivity index (χ0) is 12.4. The number of nitrogens with zero attached hydrogens (tertiary/aromatic N) is 3. The summed E-state index contributed by atoms with van der Waals surface area (Å²) < 4.78 is 2.40. The quantitative estimate of drug-likeness (QED) is 0.801. The van der Waals surface area contributed by atoms with Crippen molar-refractivity contribution in [1.82, 2.24) is 14.5 Å².